The summed E-state index contributed by atoms with van der Waals surface area (Å²) in [6, 6.07) is 16.7. The zero-order valence-corrected chi connectivity index (χ0v) is 20.4. The number of ether oxygens (including phenoxy) is 2. The molecule has 9 heteroatoms. The van der Waals surface area contributed by atoms with Gasteiger partial charge in [0, 0.05) is 5.02 Å². The third-order valence-corrected chi connectivity index (χ3v) is 6.30. The molecule has 33 heavy (non-hydrogen) atoms. The molecule has 0 radical (unpaired) electrons. The molecule has 0 aliphatic carbocycles. The maximum atomic E-state index is 13.1. The number of thioether (sulfide) groups is 1. The van der Waals surface area contributed by atoms with Gasteiger partial charge in [0.2, 0.25) is 0 Å². The van der Waals surface area contributed by atoms with Gasteiger partial charge in [0.1, 0.15) is 12.4 Å². The summed E-state index contributed by atoms with van der Waals surface area (Å²) < 4.78 is 25.2. The zero-order chi connectivity index (χ0) is 23.4. The van der Waals surface area contributed by atoms with Gasteiger partial charge in [-0.25, -0.2) is 9.38 Å². The monoisotopic (exact) mass is 546 g/mol. The second-order valence-corrected chi connectivity index (χ2v) is 9.23. The van der Waals surface area contributed by atoms with Crippen LogP contribution in [0.2, 0.25) is 5.02 Å². The van der Waals surface area contributed by atoms with Gasteiger partial charge in [-0.05, 0) is 93.4 Å². The molecule has 5 nitrogen and oxygen atoms in total. The Kier molecular flexibility index (Phi) is 7.37. The number of rotatable bonds is 6. The zero-order valence-electron chi connectivity index (χ0n) is 17.3. The molecule has 1 amide bonds. The van der Waals surface area contributed by atoms with Crippen molar-refractivity contribution in [3.8, 4) is 11.5 Å². The standard InChI is InChI=1S/C24H17BrClFN2O3S/c1-31-20-11-15(10-19(25)22(20)32-13-14-2-4-16(26)5-3-14)12-21-23(30)29-24(33-21)28-18-8-6-17(27)7-9-18/h2-12H,13H2,1H3,(H,28,29,30)/b21-12+. The van der Waals surface area contributed by atoms with Crippen molar-refractivity contribution in [3.63, 3.8) is 0 Å². The minimum atomic E-state index is -0.345. The number of halogens is 3. The predicted molar refractivity (Wildman–Crippen MR) is 134 cm³/mol. The molecule has 1 aliphatic rings. The van der Waals surface area contributed by atoms with Crippen LogP contribution in [0.3, 0.4) is 0 Å². The fourth-order valence-corrected chi connectivity index (χ4v) is 4.51. The predicted octanol–water partition coefficient (Wildman–Crippen LogP) is 6.72. The Labute approximate surface area is 207 Å². The summed E-state index contributed by atoms with van der Waals surface area (Å²) >= 11 is 10.7. The number of nitrogens with one attached hydrogen (secondary N) is 1. The Balaban J connectivity index is 1.52. The fourth-order valence-electron chi connectivity index (χ4n) is 2.96. The average Bonchev–Trinajstić information content (AvgIpc) is 3.13. The van der Waals surface area contributed by atoms with Crippen molar-refractivity contribution in [1.29, 1.82) is 0 Å². The average molecular weight is 548 g/mol. The van der Waals surface area contributed by atoms with Crippen molar-refractivity contribution in [1.82, 2.24) is 5.32 Å². The molecule has 0 spiro atoms. The van der Waals surface area contributed by atoms with E-state index in [0.717, 1.165) is 11.1 Å². The molecule has 4 rings (SSSR count). The number of carbonyl (C=O) groups is 1. The molecule has 1 N–H and O–H groups in total. The number of methoxy groups -OCH3 is 1. The van der Waals surface area contributed by atoms with Crippen LogP contribution in [0, 0.1) is 5.82 Å². The van der Waals surface area contributed by atoms with Crippen molar-refractivity contribution >= 4 is 62.1 Å². The molecule has 0 aromatic heterocycles. The lowest BCUT2D eigenvalue weighted by molar-refractivity contribution is -0.115. The molecular formula is C24H17BrClFN2O3S. The topological polar surface area (TPSA) is 59.9 Å². The van der Waals surface area contributed by atoms with Gasteiger partial charge in [-0.1, -0.05) is 23.7 Å². The van der Waals surface area contributed by atoms with Crippen LogP contribution in [0.4, 0.5) is 10.1 Å². The summed E-state index contributed by atoms with van der Waals surface area (Å²) in [6.07, 6.45) is 1.74. The van der Waals surface area contributed by atoms with Crippen LogP contribution in [0.15, 0.2) is 75.0 Å². The van der Waals surface area contributed by atoms with Gasteiger partial charge in [-0.2, -0.15) is 0 Å². The minimum absolute atomic E-state index is 0.265. The van der Waals surface area contributed by atoms with E-state index < -0.39 is 0 Å². The number of hydrogen-bond donors (Lipinski definition) is 1. The van der Waals surface area contributed by atoms with Crippen LogP contribution in [0.5, 0.6) is 11.5 Å². The third kappa shape index (κ3) is 5.96. The molecule has 3 aromatic rings. The molecule has 0 unspecified atom stereocenters. The maximum absolute atomic E-state index is 13.1. The number of benzene rings is 3. The largest absolute Gasteiger partial charge is 0.493 e. The summed E-state index contributed by atoms with van der Waals surface area (Å²) in [6.45, 7) is 0.341. The lowest BCUT2D eigenvalue weighted by atomic mass is 10.2. The Morgan fingerprint density at radius 3 is 2.58 bits per heavy atom. The van der Waals surface area contributed by atoms with Gasteiger partial charge in [0.15, 0.2) is 16.7 Å². The number of aliphatic imine (C=N–C) groups is 1. The van der Waals surface area contributed by atoms with E-state index in [1.165, 1.54) is 23.9 Å². The molecular weight excluding hydrogens is 531 g/mol. The second-order valence-electron chi connectivity index (χ2n) is 6.91. The second kappa shape index (κ2) is 10.4. The van der Waals surface area contributed by atoms with Gasteiger partial charge in [0.05, 0.1) is 22.2 Å². The van der Waals surface area contributed by atoms with Crippen molar-refractivity contribution in [2.45, 2.75) is 6.61 Å². The van der Waals surface area contributed by atoms with Crippen molar-refractivity contribution in [2.24, 2.45) is 4.99 Å². The summed E-state index contributed by atoms with van der Waals surface area (Å²) in [5.74, 6) is 0.465. The van der Waals surface area contributed by atoms with Gasteiger partial charge in [0.25, 0.3) is 5.91 Å². The quantitative estimate of drug-likeness (QED) is 0.348. The maximum Gasteiger partial charge on any atom is 0.264 e. The number of nitrogens with zero attached hydrogens (tertiary/aromatic N) is 1. The van der Waals surface area contributed by atoms with Crippen molar-refractivity contribution in [2.75, 3.05) is 7.11 Å². The van der Waals surface area contributed by atoms with Crippen molar-refractivity contribution in [3.05, 3.63) is 92.0 Å². The Bertz CT molecular complexity index is 1250. The highest BCUT2D eigenvalue weighted by Gasteiger charge is 2.24. The first kappa shape index (κ1) is 23.4. The minimum Gasteiger partial charge on any atom is -0.493 e. The Morgan fingerprint density at radius 2 is 1.88 bits per heavy atom. The Hall–Kier alpha value is -2.81. The smallest absolute Gasteiger partial charge is 0.264 e. The molecule has 0 atom stereocenters. The van der Waals surface area contributed by atoms with Crippen LogP contribution in [-0.2, 0) is 11.4 Å². The van der Waals surface area contributed by atoms with Crippen LogP contribution < -0.4 is 14.8 Å². The molecule has 0 saturated carbocycles. The Morgan fingerprint density at radius 1 is 1.15 bits per heavy atom. The first-order valence-electron chi connectivity index (χ1n) is 9.71. The first-order chi connectivity index (χ1) is 15.9. The normalized spacial score (nSPS) is 15.7. The van der Waals surface area contributed by atoms with E-state index >= 15 is 0 Å². The molecule has 168 valence electrons. The van der Waals surface area contributed by atoms with Crippen LogP contribution in [0.1, 0.15) is 11.1 Å². The number of carbonyl (C=O) groups excluding carboxylic acids is 1. The fraction of sp³-hybridized carbons (Fsp3) is 0.0833. The SMILES string of the molecule is COc1cc(/C=C2/SC(=Nc3ccc(F)cc3)NC2=O)cc(Br)c1OCc1ccc(Cl)cc1. The highest BCUT2D eigenvalue weighted by Crippen LogP contribution is 2.39. The molecule has 1 heterocycles. The van der Waals surface area contributed by atoms with Gasteiger partial charge in [-0.15, -0.1) is 0 Å². The lowest BCUT2D eigenvalue weighted by Crippen LogP contribution is -2.19. The molecule has 0 bridgehead atoms. The van der Waals surface area contributed by atoms with E-state index in [-0.39, 0.29) is 11.7 Å². The molecule has 1 fully saturated rings. The van der Waals surface area contributed by atoms with Crippen molar-refractivity contribution < 1.29 is 18.7 Å². The molecule has 1 saturated heterocycles. The van der Waals surface area contributed by atoms with E-state index in [2.05, 4.69) is 26.2 Å². The van der Waals surface area contributed by atoms with E-state index in [0.29, 0.717) is 43.4 Å². The summed E-state index contributed by atoms with van der Waals surface area (Å²) in [5, 5.41) is 3.80. The van der Waals surface area contributed by atoms with Crippen LogP contribution in [0.25, 0.3) is 6.08 Å². The van der Waals surface area contributed by atoms with Gasteiger partial charge >= 0.3 is 0 Å². The van der Waals surface area contributed by atoms with E-state index in [1.807, 2.05) is 18.2 Å². The lowest BCUT2D eigenvalue weighted by Gasteiger charge is -2.14. The molecule has 3 aromatic carbocycles. The first-order valence-corrected chi connectivity index (χ1v) is 11.7. The van der Waals surface area contributed by atoms with E-state index in [4.69, 9.17) is 21.1 Å². The van der Waals surface area contributed by atoms with E-state index in [9.17, 15) is 9.18 Å². The van der Waals surface area contributed by atoms with Crippen LogP contribution >= 0.6 is 39.3 Å². The summed E-state index contributed by atoms with van der Waals surface area (Å²) in [7, 11) is 1.55. The summed E-state index contributed by atoms with van der Waals surface area (Å²) in [4.78, 5) is 17.2. The van der Waals surface area contributed by atoms with E-state index in [1.54, 1.807) is 43.5 Å². The highest BCUT2D eigenvalue weighted by atomic mass is 79.9. The van der Waals surface area contributed by atoms with Crippen LogP contribution in [-0.4, -0.2) is 18.2 Å². The number of amidine groups is 1. The number of hydrogen-bond acceptors (Lipinski definition) is 5. The van der Waals surface area contributed by atoms with Gasteiger partial charge in [-0.3, -0.25) is 4.79 Å². The molecule has 1 aliphatic heterocycles. The summed E-state index contributed by atoms with van der Waals surface area (Å²) in [5.41, 5.74) is 2.26. The number of amides is 1. The van der Waals surface area contributed by atoms with Gasteiger partial charge < -0.3 is 14.8 Å². The highest BCUT2D eigenvalue weighted by molar-refractivity contribution is 9.10. The third-order valence-electron chi connectivity index (χ3n) is 4.55.